The third-order valence-corrected chi connectivity index (χ3v) is 5.23. The monoisotopic (exact) mass is 364 g/mol. The van der Waals surface area contributed by atoms with E-state index < -0.39 is 10.0 Å². The van der Waals surface area contributed by atoms with Gasteiger partial charge in [-0.15, -0.1) is 0 Å². The number of nitrogens with one attached hydrogen (secondary N) is 1. The molecule has 3 aromatic rings. The van der Waals surface area contributed by atoms with Crippen molar-refractivity contribution >= 4 is 21.7 Å². The average molecular weight is 364 g/mol. The molecule has 0 amide bonds. The second-order valence-corrected chi connectivity index (χ2v) is 7.40. The first kappa shape index (κ1) is 17.5. The minimum Gasteiger partial charge on any atom is -0.384 e. The number of aromatic nitrogens is 1. The Morgan fingerprint density at radius 1 is 1.04 bits per heavy atom. The van der Waals surface area contributed by atoms with Crippen LogP contribution in [0, 0.1) is 18.3 Å². The van der Waals surface area contributed by atoms with Crippen LogP contribution in [-0.4, -0.2) is 13.4 Å². The molecule has 1 aromatic heterocycles. The molecule has 130 valence electrons. The summed E-state index contributed by atoms with van der Waals surface area (Å²) in [4.78, 5) is 4.06. The highest BCUT2D eigenvalue weighted by atomic mass is 32.2. The number of pyridine rings is 1. The number of nitriles is 1. The van der Waals surface area contributed by atoms with Crippen LogP contribution in [0.3, 0.4) is 0 Å². The number of nitrogens with two attached hydrogens (primary N) is 1. The summed E-state index contributed by atoms with van der Waals surface area (Å²) >= 11 is 0. The summed E-state index contributed by atoms with van der Waals surface area (Å²) < 4.78 is 27.3. The van der Waals surface area contributed by atoms with Gasteiger partial charge in [-0.3, -0.25) is 4.72 Å². The van der Waals surface area contributed by atoms with E-state index in [9.17, 15) is 8.42 Å². The Bertz CT molecular complexity index is 1100. The molecule has 0 bridgehead atoms. The Kier molecular flexibility index (Phi) is 4.61. The Hall–Kier alpha value is -3.37. The number of rotatable bonds is 4. The van der Waals surface area contributed by atoms with Gasteiger partial charge in [-0.2, -0.15) is 5.26 Å². The lowest BCUT2D eigenvalue weighted by molar-refractivity contribution is 0.601. The van der Waals surface area contributed by atoms with Crippen LogP contribution >= 0.6 is 0 Å². The van der Waals surface area contributed by atoms with Gasteiger partial charge in [-0.05, 0) is 53.9 Å². The van der Waals surface area contributed by atoms with Crippen molar-refractivity contribution in [2.24, 2.45) is 0 Å². The van der Waals surface area contributed by atoms with Crippen LogP contribution in [0.2, 0.25) is 0 Å². The third-order valence-electron chi connectivity index (χ3n) is 3.85. The van der Waals surface area contributed by atoms with Crippen LogP contribution in [0.25, 0.3) is 11.1 Å². The van der Waals surface area contributed by atoms with Gasteiger partial charge in [0.05, 0.1) is 16.5 Å². The molecule has 3 rings (SSSR count). The van der Waals surface area contributed by atoms with E-state index in [0.717, 1.165) is 16.7 Å². The molecule has 0 radical (unpaired) electrons. The van der Waals surface area contributed by atoms with E-state index in [-0.39, 0.29) is 16.5 Å². The van der Waals surface area contributed by atoms with Crippen molar-refractivity contribution in [1.82, 2.24) is 4.98 Å². The molecule has 26 heavy (non-hydrogen) atoms. The summed E-state index contributed by atoms with van der Waals surface area (Å²) in [6, 6.07) is 18.8. The molecule has 0 saturated carbocycles. The van der Waals surface area contributed by atoms with Gasteiger partial charge in [0.2, 0.25) is 0 Å². The minimum atomic E-state index is -3.76. The molecule has 1 heterocycles. The zero-order chi connectivity index (χ0) is 18.7. The van der Waals surface area contributed by atoms with Crippen molar-refractivity contribution in [3.8, 4) is 17.2 Å². The lowest BCUT2D eigenvalue weighted by Gasteiger charge is -2.09. The van der Waals surface area contributed by atoms with Crippen molar-refractivity contribution in [1.29, 1.82) is 5.26 Å². The first-order valence-electron chi connectivity index (χ1n) is 7.75. The Morgan fingerprint density at radius 3 is 2.35 bits per heavy atom. The molecule has 0 saturated heterocycles. The number of nitrogen functional groups attached to an aromatic ring is 1. The molecule has 0 aliphatic heterocycles. The summed E-state index contributed by atoms with van der Waals surface area (Å²) in [5.74, 6) is 0.397. The molecule has 7 heteroatoms. The van der Waals surface area contributed by atoms with Gasteiger partial charge >= 0.3 is 0 Å². The zero-order valence-corrected chi connectivity index (χ0v) is 14.8. The van der Waals surface area contributed by atoms with Gasteiger partial charge in [-0.1, -0.05) is 30.3 Å². The summed E-state index contributed by atoms with van der Waals surface area (Å²) in [5, 5.41) is 9.01. The molecule has 2 aromatic carbocycles. The topological polar surface area (TPSA) is 109 Å². The molecule has 0 aliphatic carbocycles. The van der Waals surface area contributed by atoms with E-state index in [0.29, 0.717) is 5.56 Å². The van der Waals surface area contributed by atoms with Gasteiger partial charge < -0.3 is 5.73 Å². The molecule has 0 atom stereocenters. The molecule has 0 aliphatic rings. The van der Waals surface area contributed by atoms with E-state index in [1.807, 2.05) is 19.1 Å². The summed E-state index contributed by atoms with van der Waals surface area (Å²) in [6.45, 7) is 1.86. The van der Waals surface area contributed by atoms with E-state index in [2.05, 4.69) is 15.8 Å². The van der Waals surface area contributed by atoms with Crippen molar-refractivity contribution in [2.75, 3.05) is 10.5 Å². The van der Waals surface area contributed by atoms with E-state index in [4.69, 9.17) is 11.0 Å². The number of anilines is 2. The minimum absolute atomic E-state index is 0.121. The fraction of sp³-hybridized carbons (Fsp3) is 0.0526. The number of hydrogen-bond acceptors (Lipinski definition) is 5. The average Bonchev–Trinajstić information content (AvgIpc) is 2.61. The Morgan fingerprint density at radius 2 is 1.73 bits per heavy atom. The highest BCUT2D eigenvalue weighted by Gasteiger charge is 2.15. The maximum absolute atomic E-state index is 12.5. The molecule has 0 unspecified atom stereocenters. The van der Waals surface area contributed by atoms with Crippen LogP contribution in [0.15, 0.2) is 65.6 Å². The largest absolute Gasteiger partial charge is 0.384 e. The van der Waals surface area contributed by atoms with Gasteiger partial charge in [-0.25, -0.2) is 13.4 Å². The fourth-order valence-corrected chi connectivity index (χ4v) is 3.50. The smallest absolute Gasteiger partial charge is 0.263 e. The van der Waals surface area contributed by atoms with Crippen LogP contribution < -0.4 is 10.5 Å². The Balaban J connectivity index is 1.87. The quantitative estimate of drug-likeness (QED) is 0.738. The number of sulfonamides is 1. The van der Waals surface area contributed by atoms with Gasteiger partial charge in [0, 0.05) is 0 Å². The molecule has 0 fully saturated rings. The van der Waals surface area contributed by atoms with Gasteiger partial charge in [0.1, 0.15) is 11.6 Å². The summed E-state index contributed by atoms with van der Waals surface area (Å²) in [7, 11) is -3.76. The number of aryl methyl sites for hydroxylation is 1. The van der Waals surface area contributed by atoms with Crippen molar-refractivity contribution in [3.63, 3.8) is 0 Å². The maximum atomic E-state index is 12.5. The van der Waals surface area contributed by atoms with Crippen molar-refractivity contribution in [2.45, 2.75) is 11.8 Å². The molecular weight excluding hydrogens is 348 g/mol. The van der Waals surface area contributed by atoms with Crippen LogP contribution in [0.4, 0.5) is 11.6 Å². The van der Waals surface area contributed by atoms with Crippen molar-refractivity contribution in [3.05, 3.63) is 71.8 Å². The van der Waals surface area contributed by atoms with Gasteiger partial charge in [0.25, 0.3) is 10.0 Å². The van der Waals surface area contributed by atoms with E-state index in [1.165, 1.54) is 18.2 Å². The van der Waals surface area contributed by atoms with Crippen LogP contribution in [0.1, 0.15) is 11.1 Å². The maximum Gasteiger partial charge on any atom is 0.263 e. The van der Waals surface area contributed by atoms with E-state index >= 15 is 0 Å². The Labute approximate surface area is 152 Å². The first-order chi connectivity index (χ1) is 12.4. The highest BCUT2D eigenvalue weighted by Crippen LogP contribution is 2.24. The number of benzene rings is 2. The lowest BCUT2D eigenvalue weighted by atomic mass is 10.0. The molecular formula is C19H16N4O2S. The SMILES string of the molecule is Cc1cc(-c2ccc(S(=O)(=O)Nc3cccc(N)n3)cc2)ccc1C#N. The van der Waals surface area contributed by atoms with Crippen molar-refractivity contribution < 1.29 is 8.42 Å². The van der Waals surface area contributed by atoms with Gasteiger partial charge in [0.15, 0.2) is 0 Å². The zero-order valence-electron chi connectivity index (χ0n) is 14.0. The second-order valence-electron chi connectivity index (χ2n) is 5.72. The second kappa shape index (κ2) is 6.86. The fourth-order valence-electron chi connectivity index (χ4n) is 2.50. The first-order valence-corrected chi connectivity index (χ1v) is 9.24. The third kappa shape index (κ3) is 3.66. The standard InChI is InChI=1S/C19H16N4O2S/c1-13-11-15(5-6-16(13)12-20)14-7-9-17(10-8-14)26(24,25)23-19-4-2-3-18(21)22-19/h2-11H,1H3,(H3,21,22,23). The highest BCUT2D eigenvalue weighted by molar-refractivity contribution is 7.92. The normalized spacial score (nSPS) is 10.9. The number of hydrogen-bond donors (Lipinski definition) is 2. The van der Waals surface area contributed by atoms with Crippen LogP contribution in [0.5, 0.6) is 0 Å². The number of nitrogens with zero attached hydrogens (tertiary/aromatic N) is 2. The summed E-state index contributed by atoms with van der Waals surface area (Å²) in [6.07, 6.45) is 0. The molecule has 0 spiro atoms. The lowest BCUT2D eigenvalue weighted by Crippen LogP contribution is -2.14. The van der Waals surface area contributed by atoms with Crippen LogP contribution in [-0.2, 0) is 10.0 Å². The predicted octanol–water partition coefficient (Wildman–Crippen LogP) is 3.31. The molecule has 3 N–H and O–H groups in total. The summed E-state index contributed by atoms with van der Waals surface area (Å²) in [5.41, 5.74) is 8.83. The molecule has 6 nitrogen and oxygen atoms in total. The van der Waals surface area contributed by atoms with E-state index in [1.54, 1.807) is 30.3 Å². The predicted molar refractivity (Wildman–Crippen MR) is 101 cm³/mol.